The Morgan fingerprint density at radius 1 is 1.15 bits per heavy atom. The van der Waals surface area contributed by atoms with Gasteiger partial charge in [-0.05, 0) is 36.4 Å². The van der Waals surface area contributed by atoms with Crippen LogP contribution in [0.4, 0.5) is 5.69 Å². The number of hydrogen-bond acceptors (Lipinski definition) is 5. The number of carbonyl (C=O) groups excluding carboxylic acids is 1. The monoisotopic (exact) mass is 373 g/mol. The van der Waals surface area contributed by atoms with Crippen LogP contribution < -0.4 is 14.4 Å². The lowest BCUT2D eigenvalue weighted by Gasteiger charge is -2.22. The van der Waals surface area contributed by atoms with Crippen molar-refractivity contribution in [2.24, 2.45) is 0 Å². The van der Waals surface area contributed by atoms with Gasteiger partial charge in [-0.15, -0.1) is 0 Å². The van der Waals surface area contributed by atoms with Crippen LogP contribution in [0.1, 0.15) is 5.56 Å². The molecule has 1 amide bonds. The molecule has 0 fully saturated rings. The van der Waals surface area contributed by atoms with Gasteiger partial charge in [-0.1, -0.05) is 18.2 Å². The smallest absolute Gasteiger partial charge is 0.258 e. The lowest BCUT2D eigenvalue weighted by atomic mass is 10.2. The second kappa shape index (κ2) is 8.87. The minimum Gasteiger partial charge on any atom is -0.484 e. The summed E-state index contributed by atoms with van der Waals surface area (Å²) in [4.78, 5) is 11.8. The van der Waals surface area contributed by atoms with Gasteiger partial charge in [0.25, 0.3) is 5.91 Å². The Balaban J connectivity index is 1.89. The highest BCUT2D eigenvalue weighted by Gasteiger charge is 2.17. The third-order valence-electron chi connectivity index (χ3n) is 3.43. The van der Waals surface area contributed by atoms with E-state index in [9.17, 15) is 13.2 Å². The van der Waals surface area contributed by atoms with Crippen LogP contribution in [0.25, 0.3) is 0 Å². The van der Waals surface area contributed by atoms with Crippen LogP contribution in [0.3, 0.4) is 0 Å². The van der Waals surface area contributed by atoms with E-state index in [1.807, 2.05) is 12.1 Å². The zero-order valence-electron chi connectivity index (χ0n) is 14.3. The minimum absolute atomic E-state index is 0.0712. The molecule has 0 saturated heterocycles. The van der Waals surface area contributed by atoms with E-state index in [-0.39, 0.29) is 25.6 Å². The first-order chi connectivity index (χ1) is 12.4. The summed E-state index contributed by atoms with van der Waals surface area (Å²) in [7, 11) is -3.52. The summed E-state index contributed by atoms with van der Waals surface area (Å²) in [5, 5.41) is 11.4. The highest BCUT2D eigenvalue weighted by molar-refractivity contribution is 7.92. The predicted molar refractivity (Wildman–Crippen MR) is 98.3 cm³/mol. The number of para-hydroxylation sites is 1. The normalized spacial score (nSPS) is 10.6. The van der Waals surface area contributed by atoms with Crippen LogP contribution in [-0.4, -0.2) is 40.3 Å². The van der Waals surface area contributed by atoms with Gasteiger partial charge in [0.15, 0.2) is 6.61 Å². The van der Waals surface area contributed by atoms with E-state index in [0.29, 0.717) is 17.0 Å². The summed E-state index contributed by atoms with van der Waals surface area (Å²) < 4.78 is 30.5. The summed E-state index contributed by atoms with van der Waals surface area (Å²) in [5.41, 5.74) is 0.870. The second-order valence-electron chi connectivity index (χ2n) is 5.45. The fourth-order valence-corrected chi connectivity index (χ4v) is 3.13. The Hall–Kier alpha value is -3.05. The number of rotatable bonds is 8. The standard InChI is InChI=1S/C18H19N3O4S/c1-26(23,24)21(16-9-7-15(13-19)8-10-16)12-11-20-18(22)14-25-17-5-3-2-4-6-17/h2-10H,11-12,14H2,1H3,(H,20,22). The number of nitrogens with zero attached hydrogens (tertiary/aromatic N) is 2. The van der Waals surface area contributed by atoms with Crippen molar-refractivity contribution in [1.29, 1.82) is 5.26 Å². The summed E-state index contributed by atoms with van der Waals surface area (Å²) >= 11 is 0. The molecule has 2 aromatic carbocycles. The number of sulfonamides is 1. The first-order valence-electron chi connectivity index (χ1n) is 7.82. The van der Waals surface area contributed by atoms with Crippen LogP contribution in [0.2, 0.25) is 0 Å². The maximum Gasteiger partial charge on any atom is 0.258 e. The molecule has 2 rings (SSSR count). The minimum atomic E-state index is -3.52. The van der Waals surface area contributed by atoms with Crippen LogP contribution in [0.15, 0.2) is 54.6 Å². The first-order valence-corrected chi connectivity index (χ1v) is 9.67. The van der Waals surface area contributed by atoms with Crippen molar-refractivity contribution in [2.75, 3.05) is 30.3 Å². The van der Waals surface area contributed by atoms with Gasteiger partial charge >= 0.3 is 0 Å². The van der Waals surface area contributed by atoms with E-state index in [1.54, 1.807) is 48.5 Å². The molecule has 0 aliphatic rings. The van der Waals surface area contributed by atoms with Gasteiger partial charge in [0.1, 0.15) is 5.75 Å². The van der Waals surface area contributed by atoms with Crippen molar-refractivity contribution in [3.8, 4) is 11.8 Å². The van der Waals surface area contributed by atoms with Gasteiger partial charge in [-0.3, -0.25) is 9.10 Å². The Labute approximate surface area is 152 Å². The topological polar surface area (TPSA) is 99.5 Å². The molecule has 0 atom stereocenters. The Morgan fingerprint density at radius 2 is 1.81 bits per heavy atom. The summed E-state index contributed by atoms with van der Waals surface area (Å²) in [6.07, 6.45) is 1.09. The van der Waals surface area contributed by atoms with Crippen LogP contribution >= 0.6 is 0 Å². The highest BCUT2D eigenvalue weighted by Crippen LogP contribution is 2.17. The zero-order chi connectivity index (χ0) is 19.0. The quantitative estimate of drug-likeness (QED) is 0.756. The molecule has 26 heavy (non-hydrogen) atoms. The van der Waals surface area contributed by atoms with E-state index < -0.39 is 10.0 Å². The van der Waals surface area contributed by atoms with Crippen molar-refractivity contribution in [2.45, 2.75) is 0 Å². The van der Waals surface area contributed by atoms with E-state index in [0.717, 1.165) is 6.26 Å². The number of carbonyl (C=O) groups is 1. The van der Waals surface area contributed by atoms with Crippen molar-refractivity contribution < 1.29 is 17.9 Å². The average Bonchev–Trinajstić information content (AvgIpc) is 2.63. The molecule has 0 saturated carbocycles. The summed E-state index contributed by atoms with van der Waals surface area (Å²) in [6, 6.07) is 17.1. The molecule has 0 aliphatic heterocycles. The lowest BCUT2D eigenvalue weighted by Crippen LogP contribution is -2.39. The zero-order valence-corrected chi connectivity index (χ0v) is 15.1. The third kappa shape index (κ3) is 5.79. The molecule has 7 nitrogen and oxygen atoms in total. The molecular weight excluding hydrogens is 354 g/mol. The fourth-order valence-electron chi connectivity index (χ4n) is 2.20. The molecule has 136 valence electrons. The maximum absolute atomic E-state index is 12.0. The molecule has 2 aromatic rings. The summed E-state index contributed by atoms with van der Waals surface area (Å²) in [6.45, 7) is 0.0472. The lowest BCUT2D eigenvalue weighted by molar-refractivity contribution is -0.123. The number of anilines is 1. The average molecular weight is 373 g/mol. The Bertz CT molecular complexity index is 875. The molecule has 0 heterocycles. The van der Waals surface area contributed by atoms with Crippen LogP contribution in [0.5, 0.6) is 5.75 Å². The van der Waals surface area contributed by atoms with E-state index in [4.69, 9.17) is 10.00 Å². The second-order valence-corrected chi connectivity index (χ2v) is 7.35. The van der Waals surface area contributed by atoms with Crippen molar-refractivity contribution in [3.05, 3.63) is 60.2 Å². The van der Waals surface area contributed by atoms with Crippen LogP contribution in [-0.2, 0) is 14.8 Å². The number of amides is 1. The largest absolute Gasteiger partial charge is 0.484 e. The van der Waals surface area contributed by atoms with Crippen molar-refractivity contribution >= 4 is 21.6 Å². The molecule has 0 radical (unpaired) electrons. The van der Waals surface area contributed by atoms with E-state index >= 15 is 0 Å². The van der Waals surface area contributed by atoms with Gasteiger partial charge < -0.3 is 10.1 Å². The van der Waals surface area contributed by atoms with E-state index in [1.165, 1.54) is 4.31 Å². The van der Waals surface area contributed by atoms with Gasteiger partial charge in [-0.2, -0.15) is 5.26 Å². The van der Waals surface area contributed by atoms with Gasteiger partial charge in [0.05, 0.1) is 30.1 Å². The fraction of sp³-hybridized carbons (Fsp3) is 0.222. The van der Waals surface area contributed by atoms with Crippen LogP contribution in [0, 0.1) is 11.3 Å². The molecular formula is C18H19N3O4S. The van der Waals surface area contributed by atoms with E-state index in [2.05, 4.69) is 5.32 Å². The maximum atomic E-state index is 12.0. The molecule has 0 spiro atoms. The van der Waals surface area contributed by atoms with Gasteiger partial charge in [0, 0.05) is 6.54 Å². The van der Waals surface area contributed by atoms with Gasteiger partial charge in [0.2, 0.25) is 10.0 Å². The molecule has 0 aromatic heterocycles. The number of nitriles is 1. The number of nitrogens with one attached hydrogen (secondary N) is 1. The highest BCUT2D eigenvalue weighted by atomic mass is 32.2. The number of hydrogen-bond donors (Lipinski definition) is 1. The predicted octanol–water partition coefficient (Wildman–Crippen LogP) is 1.52. The Morgan fingerprint density at radius 3 is 2.38 bits per heavy atom. The first kappa shape index (κ1) is 19.3. The molecule has 0 aliphatic carbocycles. The SMILES string of the molecule is CS(=O)(=O)N(CCNC(=O)COc1ccccc1)c1ccc(C#N)cc1. The summed E-state index contributed by atoms with van der Waals surface area (Å²) in [5.74, 6) is 0.236. The number of ether oxygens (including phenoxy) is 1. The van der Waals surface area contributed by atoms with Crippen molar-refractivity contribution in [3.63, 3.8) is 0 Å². The molecule has 8 heteroatoms. The molecule has 0 bridgehead atoms. The van der Waals surface area contributed by atoms with Crippen molar-refractivity contribution in [1.82, 2.24) is 5.32 Å². The molecule has 1 N–H and O–H groups in total. The number of benzene rings is 2. The third-order valence-corrected chi connectivity index (χ3v) is 4.63. The Kier molecular flexibility index (Phi) is 6.58. The van der Waals surface area contributed by atoms with Gasteiger partial charge in [-0.25, -0.2) is 8.42 Å². The molecule has 0 unspecified atom stereocenters.